The number of hydrogen-bond donors (Lipinski definition) is 3. The Hall–Kier alpha value is -1.91. The van der Waals surface area contributed by atoms with Crippen LogP contribution in [0.15, 0.2) is 30.3 Å². The minimum atomic E-state index is -1.10. The van der Waals surface area contributed by atoms with Gasteiger partial charge in [-0.05, 0) is 5.56 Å². The summed E-state index contributed by atoms with van der Waals surface area (Å²) in [6, 6.07) is 7.21. The summed E-state index contributed by atoms with van der Waals surface area (Å²) in [5.74, 6) is -1.36. The summed E-state index contributed by atoms with van der Waals surface area (Å²) in [6.07, 6.45) is -0.743. The Morgan fingerprint density at radius 3 is 2.44 bits per heavy atom. The van der Waals surface area contributed by atoms with Gasteiger partial charge in [0.15, 0.2) is 0 Å². The molecule has 0 aromatic heterocycles. The second-order valence-electron chi connectivity index (χ2n) is 4.80. The lowest BCUT2D eigenvalue weighted by Gasteiger charge is -2.16. The highest BCUT2D eigenvalue weighted by molar-refractivity contribution is 8.76. The normalized spacial score (nSPS) is 12.7. The molecule has 0 unspecified atom stereocenters. The molecule has 2 atom stereocenters. The number of carbonyl (C=O) groups excluding carboxylic acids is 2. The molecule has 0 aliphatic heterocycles. The monoisotopic (exact) mass is 388 g/mol. The lowest BCUT2D eigenvalue weighted by Crippen LogP contribution is -2.43. The van der Waals surface area contributed by atoms with Gasteiger partial charge in [0.25, 0.3) is 0 Å². The summed E-state index contributed by atoms with van der Waals surface area (Å²) >= 11 is 0. The van der Waals surface area contributed by atoms with Gasteiger partial charge < -0.3 is 25.6 Å². The molecule has 0 aliphatic carbocycles. The van der Waals surface area contributed by atoms with E-state index in [1.54, 1.807) is 0 Å². The first-order chi connectivity index (χ1) is 11.9. The third kappa shape index (κ3) is 8.66. The van der Waals surface area contributed by atoms with Crippen LogP contribution < -0.4 is 11.1 Å². The number of nitrogens with one attached hydrogen (secondary N) is 1. The Bertz CT molecular complexity index is 572. The van der Waals surface area contributed by atoms with Crippen molar-refractivity contribution in [2.75, 3.05) is 18.6 Å². The largest absolute Gasteiger partial charge is 0.480 e. The number of aliphatic carboxylic acids is 1. The van der Waals surface area contributed by atoms with Crippen molar-refractivity contribution in [3.05, 3.63) is 35.9 Å². The Morgan fingerprint density at radius 2 is 1.84 bits per heavy atom. The Labute approximate surface area is 153 Å². The van der Waals surface area contributed by atoms with Gasteiger partial charge in [-0.25, -0.2) is 9.59 Å². The molecule has 25 heavy (non-hydrogen) atoms. The van der Waals surface area contributed by atoms with Crippen LogP contribution in [0.25, 0.3) is 0 Å². The van der Waals surface area contributed by atoms with Crippen LogP contribution in [0.3, 0.4) is 0 Å². The van der Waals surface area contributed by atoms with Crippen LogP contribution in [0.4, 0.5) is 4.79 Å². The molecular formula is C15H20N2O6S2. The number of ether oxygens (including phenoxy) is 2. The van der Waals surface area contributed by atoms with E-state index >= 15 is 0 Å². The van der Waals surface area contributed by atoms with Crippen LogP contribution in [-0.4, -0.2) is 53.8 Å². The molecule has 0 saturated carbocycles. The van der Waals surface area contributed by atoms with Crippen LogP contribution in [0.5, 0.6) is 0 Å². The van der Waals surface area contributed by atoms with Crippen LogP contribution in [0.1, 0.15) is 5.56 Å². The first-order valence-corrected chi connectivity index (χ1v) is 9.70. The zero-order valence-corrected chi connectivity index (χ0v) is 15.2. The van der Waals surface area contributed by atoms with Crippen molar-refractivity contribution in [3.8, 4) is 0 Å². The number of benzene rings is 1. The summed E-state index contributed by atoms with van der Waals surface area (Å²) in [7, 11) is 3.62. The Balaban J connectivity index is 2.40. The molecule has 0 spiro atoms. The van der Waals surface area contributed by atoms with Crippen LogP contribution in [0.2, 0.25) is 0 Å². The standard InChI is InChI=1S/C15H20N2O6S2/c1-22-14(20)12(9-25-24-8-11(16)13(18)19)17-15(21)23-7-10-5-3-2-4-6-10/h2-6,11-12H,7-9,16H2,1H3,(H,17,21)(H,18,19)/t11-,12-/m0/s1. The van der Waals surface area contributed by atoms with Gasteiger partial charge in [-0.1, -0.05) is 51.9 Å². The van der Waals surface area contributed by atoms with E-state index in [1.165, 1.54) is 28.7 Å². The number of alkyl carbamates (subject to hydrolysis) is 1. The zero-order valence-electron chi connectivity index (χ0n) is 13.5. The second kappa shape index (κ2) is 11.6. The first kappa shape index (κ1) is 21.1. The molecule has 0 heterocycles. The molecule has 8 nitrogen and oxygen atoms in total. The smallest absolute Gasteiger partial charge is 0.408 e. The van der Waals surface area contributed by atoms with Crippen molar-refractivity contribution in [2.24, 2.45) is 5.73 Å². The van der Waals surface area contributed by atoms with Gasteiger partial charge in [0, 0.05) is 11.5 Å². The lowest BCUT2D eigenvalue weighted by atomic mass is 10.2. The van der Waals surface area contributed by atoms with E-state index in [9.17, 15) is 14.4 Å². The molecule has 10 heteroatoms. The number of esters is 1. The van der Waals surface area contributed by atoms with Gasteiger partial charge in [0.2, 0.25) is 0 Å². The molecule has 0 radical (unpaired) electrons. The average molecular weight is 388 g/mol. The molecule has 1 rings (SSSR count). The minimum Gasteiger partial charge on any atom is -0.480 e. The summed E-state index contributed by atoms with van der Waals surface area (Å²) in [4.78, 5) is 34.2. The molecule has 0 saturated heterocycles. The number of nitrogens with two attached hydrogens (primary N) is 1. The third-order valence-corrected chi connectivity index (χ3v) is 5.32. The topological polar surface area (TPSA) is 128 Å². The summed E-state index contributed by atoms with van der Waals surface area (Å²) < 4.78 is 9.70. The number of carbonyl (C=O) groups is 3. The van der Waals surface area contributed by atoms with Crippen molar-refractivity contribution >= 4 is 39.6 Å². The molecule has 1 amide bonds. The van der Waals surface area contributed by atoms with Crippen LogP contribution in [-0.2, 0) is 25.7 Å². The van der Waals surface area contributed by atoms with Crippen LogP contribution >= 0.6 is 21.6 Å². The molecule has 0 aliphatic rings. The van der Waals surface area contributed by atoms with Crippen molar-refractivity contribution in [1.82, 2.24) is 5.32 Å². The predicted molar refractivity (Wildman–Crippen MR) is 96.1 cm³/mol. The fourth-order valence-electron chi connectivity index (χ4n) is 1.53. The minimum absolute atomic E-state index is 0.0793. The molecule has 138 valence electrons. The fourth-order valence-corrected chi connectivity index (χ4v) is 3.79. The SMILES string of the molecule is COC(=O)[C@H](CSSC[C@H](N)C(=O)O)NC(=O)OCc1ccccc1. The number of rotatable bonds is 10. The number of carboxylic acids is 1. The summed E-state index contributed by atoms with van der Waals surface area (Å²) in [5, 5.41) is 11.1. The van der Waals surface area contributed by atoms with E-state index in [-0.39, 0.29) is 18.1 Å². The van der Waals surface area contributed by atoms with Gasteiger partial charge in [-0.15, -0.1) is 0 Å². The average Bonchev–Trinajstić information content (AvgIpc) is 2.62. The molecule has 1 aromatic rings. The molecule has 4 N–H and O–H groups in total. The molecule has 0 bridgehead atoms. The maximum absolute atomic E-state index is 11.8. The summed E-state index contributed by atoms with van der Waals surface area (Å²) in [6.45, 7) is 0.0793. The highest BCUT2D eigenvalue weighted by Crippen LogP contribution is 2.23. The van der Waals surface area contributed by atoms with Crippen molar-refractivity contribution in [3.63, 3.8) is 0 Å². The number of hydrogen-bond acceptors (Lipinski definition) is 8. The van der Waals surface area contributed by atoms with Crippen molar-refractivity contribution in [1.29, 1.82) is 0 Å². The van der Waals surface area contributed by atoms with Gasteiger partial charge in [0.1, 0.15) is 18.7 Å². The third-order valence-electron chi connectivity index (χ3n) is 2.87. The first-order valence-electron chi connectivity index (χ1n) is 7.22. The number of carboxylic acid groups (broad SMARTS) is 1. The van der Waals surface area contributed by atoms with Gasteiger partial charge in [-0.2, -0.15) is 0 Å². The van der Waals surface area contributed by atoms with Crippen molar-refractivity contribution in [2.45, 2.75) is 18.7 Å². The number of amides is 1. The maximum Gasteiger partial charge on any atom is 0.408 e. The van der Waals surface area contributed by atoms with Gasteiger partial charge in [0.05, 0.1) is 7.11 Å². The van der Waals surface area contributed by atoms with Gasteiger partial charge in [-0.3, -0.25) is 4.79 Å². The zero-order chi connectivity index (χ0) is 18.7. The molecular weight excluding hydrogens is 368 g/mol. The highest BCUT2D eigenvalue weighted by Gasteiger charge is 2.23. The highest BCUT2D eigenvalue weighted by atomic mass is 33.1. The fraction of sp³-hybridized carbons (Fsp3) is 0.400. The van der Waals surface area contributed by atoms with E-state index in [0.717, 1.165) is 5.56 Å². The van der Waals surface area contributed by atoms with E-state index < -0.39 is 30.1 Å². The van der Waals surface area contributed by atoms with E-state index in [2.05, 4.69) is 10.1 Å². The summed E-state index contributed by atoms with van der Waals surface area (Å²) in [5.41, 5.74) is 6.20. The molecule has 0 fully saturated rings. The van der Waals surface area contributed by atoms with E-state index in [0.29, 0.717) is 0 Å². The predicted octanol–water partition coefficient (Wildman–Crippen LogP) is 1.25. The van der Waals surface area contributed by atoms with E-state index in [1.807, 2.05) is 30.3 Å². The maximum atomic E-state index is 11.8. The molecule has 1 aromatic carbocycles. The Morgan fingerprint density at radius 1 is 1.20 bits per heavy atom. The van der Waals surface area contributed by atoms with Crippen LogP contribution in [0, 0.1) is 0 Å². The van der Waals surface area contributed by atoms with Crippen molar-refractivity contribution < 1.29 is 29.0 Å². The number of methoxy groups -OCH3 is 1. The quantitative estimate of drug-likeness (QED) is 0.308. The lowest BCUT2D eigenvalue weighted by molar-refractivity contribution is -0.142. The van der Waals surface area contributed by atoms with E-state index in [4.69, 9.17) is 15.6 Å². The Kier molecular flexibility index (Phi) is 9.81. The van der Waals surface area contributed by atoms with Gasteiger partial charge >= 0.3 is 18.0 Å². The second-order valence-corrected chi connectivity index (χ2v) is 7.35.